The van der Waals surface area contributed by atoms with Crippen LogP contribution in [0.4, 0.5) is 0 Å². The third-order valence-corrected chi connectivity index (χ3v) is 19.8. The SMILES string of the molecule is CCCCCCCCCCCCC(=O)OC[C@H](COP(=O)(O)OC[C@H](O)COP(=O)(O)OC[C@@H](COC(=O)CCCCCCCCCCC(C)CC)OC(=O)CCCCCCCCCCCCCCCCCCC(C)C)OC(=O)CCCCCCCCCCC(C)CC. The number of aliphatic hydroxyl groups is 1. The quantitative estimate of drug-likeness (QED) is 0.0222. The van der Waals surface area contributed by atoms with Gasteiger partial charge in [-0.3, -0.25) is 37.3 Å². The fourth-order valence-corrected chi connectivity index (χ4v) is 12.8. The number of aliphatic hydroxyl groups excluding tert-OH is 1. The van der Waals surface area contributed by atoms with E-state index >= 15 is 0 Å². The molecule has 0 aromatic rings. The number of rotatable bonds is 72. The van der Waals surface area contributed by atoms with Crippen LogP contribution < -0.4 is 0 Å². The molecule has 552 valence electrons. The van der Waals surface area contributed by atoms with Crippen molar-refractivity contribution in [3.05, 3.63) is 0 Å². The highest BCUT2D eigenvalue weighted by Gasteiger charge is 2.30. The smallest absolute Gasteiger partial charge is 0.462 e. The van der Waals surface area contributed by atoms with Gasteiger partial charge in [0, 0.05) is 25.7 Å². The van der Waals surface area contributed by atoms with Crippen LogP contribution in [0, 0.1) is 17.8 Å². The van der Waals surface area contributed by atoms with E-state index < -0.39 is 97.5 Å². The summed E-state index contributed by atoms with van der Waals surface area (Å²) in [4.78, 5) is 72.7. The Morgan fingerprint density at radius 3 is 0.817 bits per heavy atom. The van der Waals surface area contributed by atoms with Crippen molar-refractivity contribution in [1.82, 2.24) is 0 Å². The first-order chi connectivity index (χ1) is 44.8. The van der Waals surface area contributed by atoms with Crippen molar-refractivity contribution in [3.63, 3.8) is 0 Å². The Morgan fingerprint density at radius 1 is 0.312 bits per heavy atom. The van der Waals surface area contributed by atoms with Crippen molar-refractivity contribution in [3.8, 4) is 0 Å². The summed E-state index contributed by atoms with van der Waals surface area (Å²) in [6.07, 6.45) is 49.8. The van der Waals surface area contributed by atoms with E-state index in [-0.39, 0.29) is 25.7 Å². The van der Waals surface area contributed by atoms with Crippen molar-refractivity contribution in [2.24, 2.45) is 17.8 Å². The highest BCUT2D eigenvalue weighted by atomic mass is 31.2. The molecule has 19 heteroatoms. The molecule has 0 aromatic heterocycles. The van der Waals surface area contributed by atoms with E-state index in [4.69, 9.17) is 37.0 Å². The second-order valence-corrected chi connectivity index (χ2v) is 30.6. The summed E-state index contributed by atoms with van der Waals surface area (Å²) in [5.41, 5.74) is 0. The Kier molecular flexibility index (Phi) is 63.4. The van der Waals surface area contributed by atoms with Crippen molar-refractivity contribution in [2.75, 3.05) is 39.6 Å². The predicted molar refractivity (Wildman–Crippen MR) is 377 cm³/mol. The van der Waals surface area contributed by atoms with Crippen LogP contribution in [0.1, 0.15) is 376 Å². The maximum atomic E-state index is 13.1. The van der Waals surface area contributed by atoms with E-state index in [0.717, 1.165) is 108 Å². The molecule has 0 saturated carbocycles. The van der Waals surface area contributed by atoms with Crippen LogP contribution in [0.3, 0.4) is 0 Å². The Labute approximate surface area is 568 Å². The highest BCUT2D eigenvalue weighted by molar-refractivity contribution is 7.47. The maximum Gasteiger partial charge on any atom is 0.472 e. The van der Waals surface area contributed by atoms with Gasteiger partial charge < -0.3 is 33.8 Å². The summed E-state index contributed by atoms with van der Waals surface area (Å²) in [6, 6.07) is 0. The molecule has 0 bridgehead atoms. The number of unbranched alkanes of at least 4 members (excludes halogenated alkanes) is 38. The molecule has 0 radical (unpaired) electrons. The topological polar surface area (TPSA) is 237 Å². The van der Waals surface area contributed by atoms with Gasteiger partial charge in [-0.1, -0.05) is 325 Å². The summed E-state index contributed by atoms with van der Waals surface area (Å²) in [5.74, 6) is 0.234. The zero-order chi connectivity index (χ0) is 68.7. The monoisotopic (exact) mass is 1370 g/mol. The van der Waals surface area contributed by atoms with Gasteiger partial charge >= 0.3 is 39.5 Å². The van der Waals surface area contributed by atoms with Gasteiger partial charge in [-0.25, -0.2) is 9.13 Å². The second-order valence-electron chi connectivity index (χ2n) is 27.6. The lowest BCUT2D eigenvalue weighted by Crippen LogP contribution is -2.30. The molecule has 7 atom stereocenters. The molecule has 0 aromatic carbocycles. The van der Waals surface area contributed by atoms with Crippen molar-refractivity contribution in [1.29, 1.82) is 0 Å². The van der Waals surface area contributed by atoms with E-state index in [0.29, 0.717) is 25.7 Å². The summed E-state index contributed by atoms with van der Waals surface area (Å²) in [7, 11) is -9.91. The Morgan fingerprint density at radius 2 is 0.548 bits per heavy atom. The molecule has 0 rings (SSSR count). The van der Waals surface area contributed by atoms with Crippen LogP contribution in [-0.2, 0) is 65.4 Å². The summed E-state index contributed by atoms with van der Waals surface area (Å²) in [5, 5.41) is 10.6. The van der Waals surface area contributed by atoms with Gasteiger partial charge in [0.15, 0.2) is 12.2 Å². The lowest BCUT2D eigenvalue weighted by Gasteiger charge is -2.21. The predicted octanol–water partition coefficient (Wildman–Crippen LogP) is 21.4. The van der Waals surface area contributed by atoms with Gasteiger partial charge in [0.2, 0.25) is 0 Å². The summed E-state index contributed by atoms with van der Waals surface area (Å²) >= 11 is 0. The number of hydrogen-bond acceptors (Lipinski definition) is 15. The Hall–Kier alpha value is -1.94. The molecule has 0 fully saturated rings. The van der Waals surface area contributed by atoms with E-state index in [1.54, 1.807) is 0 Å². The first-order valence-corrected chi connectivity index (χ1v) is 41.4. The van der Waals surface area contributed by atoms with E-state index in [1.165, 1.54) is 186 Å². The molecule has 3 N–H and O–H groups in total. The zero-order valence-electron chi connectivity index (χ0n) is 60.7. The van der Waals surface area contributed by atoms with Gasteiger partial charge in [0.05, 0.1) is 26.4 Å². The summed E-state index contributed by atoms with van der Waals surface area (Å²) < 4.78 is 68.4. The fourth-order valence-electron chi connectivity index (χ4n) is 11.2. The molecule has 0 amide bonds. The average Bonchev–Trinajstić information content (AvgIpc) is 2.42. The molecular formula is C74H144O17P2. The lowest BCUT2D eigenvalue weighted by molar-refractivity contribution is -0.161. The molecule has 0 aliphatic carbocycles. The normalized spacial score (nSPS) is 14.7. The number of ether oxygens (including phenoxy) is 4. The molecule has 0 spiro atoms. The van der Waals surface area contributed by atoms with Crippen molar-refractivity contribution in [2.45, 2.75) is 394 Å². The van der Waals surface area contributed by atoms with Crippen LogP contribution in [0.5, 0.6) is 0 Å². The molecule has 0 saturated heterocycles. The van der Waals surface area contributed by atoms with E-state index in [9.17, 15) is 43.2 Å². The number of phosphoric ester groups is 2. The highest BCUT2D eigenvalue weighted by Crippen LogP contribution is 2.45. The standard InChI is InChI=1S/C74H144O17P2/c1-8-11-12-13-14-15-25-34-41-48-55-71(76)84-61-70(91-74(79)58-51-44-37-30-28-33-40-47-54-67(7)10-3)64-89-93(82,83)87-60-68(75)59-86-92(80,81)88-63-69(62-85-72(77)56-49-42-35-29-27-32-39-46-53-66(6)9-2)90-73(78)57-50-43-36-26-23-21-19-17-16-18-20-22-24-31-38-45-52-65(4)5/h65-70,75H,8-64H2,1-7H3,(H,80,81)(H,82,83)/t66?,67?,68-,69-,70-/m1/s1. The Bertz CT molecular complexity index is 1820. The van der Waals surface area contributed by atoms with E-state index in [1.807, 2.05) is 0 Å². The third-order valence-electron chi connectivity index (χ3n) is 17.9. The van der Waals surface area contributed by atoms with Crippen LogP contribution in [0.2, 0.25) is 0 Å². The van der Waals surface area contributed by atoms with Gasteiger partial charge in [-0.05, 0) is 43.4 Å². The van der Waals surface area contributed by atoms with Gasteiger partial charge in [-0.2, -0.15) is 0 Å². The van der Waals surface area contributed by atoms with Gasteiger partial charge in [-0.15, -0.1) is 0 Å². The Balaban J connectivity index is 5.23. The van der Waals surface area contributed by atoms with E-state index in [2.05, 4.69) is 48.5 Å². The van der Waals surface area contributed by atoms with Gasteiger partial charge in [0.1, 0.15) is 19.3 Å². The molecule has 0 aliphatic rings. The molecule has 4 unspecified atom stereocenters. The number of hydrogen-bond donors (Lipinski definition) is 3. The molecule has 93 heavy (non-hydrogen) atoms. The van der Waals surface area contributed by atoms with Crippen molar-refractivity contribution < 1.29 is 80.2 Å². The molecule has 0 heterocycles. The maximum absolute atomic E-state index is 13.1. The third kappa shape index (κ3) is 65.8. The molecule has 0 aliphatic heterocycles. The minimum absolute atomic E-state index is 0.105. The van der Waals surface area contributed by atoms with Crippen LogP contribution in [0.15, 0.2) is 0 Å². The number of carbonyl (C=O) groups excluding carboxylic acids is 4. The zero-order valence-corrected chi connectivity index (χ0v) is 62.5. The first kappa shape index (κ1) is 91.1. The first-order valence-electron chi connectivity index (χ1n) is 38.4. The summed E-state index contributed by atoms with van der Waals surface area (Å²) in [6.45, 7) is 11.9. The van der Waals surface area contributed by atoms with Gasteiger partial charge in [0.25, 0.3) is 0 Å². The lowest BCUT2D eigenvalue weighted by atomic mass is 9.99. The van der Waals surface area contributed by atoms with Crippen LogP contribution in [0.25, 0.3) is 0 Å². The second kappa shape index (κ2) is 64.7. The number of phosphoric acid groups is 2. The minimum Gasteiger partial charge on any atom is -0.462 e. The molecular weight excluding hydrogens is 1220 g/mol. The van der Waals surface area contributed by atoms with Crippen LogP contribution in [-0.4, -0.2) is 96.7 Å². The number of carbonyl (C=O) groups is 4. The van der Waals surface area contributed by atoms with Crippen molar-refractivity contribution >= 4 is 39.5 Å². The largest absolute Gasteiger partial charge is 0.472 e. The fraction of sp³-hybridized carbons (Fsp3) is 0.946. The minimum atomic E-state index is -4.96. The van der Waals surface area contributed by atoms with Crippen LogP contribution >= 0.6 is 15.6 Å². The number of esters is 4. The average molecular weight is 1370 g/mol. The molecule has 17 nitrogen and oxygen atoms in total.